The lowest BCUT2D eigenvalue weighted by Crippen LogP contribution is -2.18. The third kappa shape index (κ3) is 5.82. The molecule has 2 aromatic carbocycles. The topological polar surface area (TPSA) is 88.9 Å². The summed E-state index contributed by atoms with van der Waals surface area (Å²) < 4.78 is 1.69. The standard InChI is InChI=1S/C22H23Cl2N5O2S/c1-12-8-13(2)21(14(3)9-12)26-19(31)11-32-22-28-27-17(29(22)4)10-18(30)25-16-7-5-6-15(23)20(16)24/h5-9H,10-11H2,1-4H3,(H,25,30)(H,26,31). The maximum absolute atomic E-state index is 12.5. The van der Waals surface area contributed by atoms with Crippen molar-refractivity contribution in [3.63, 3.8) is 0 Å². The molecule has 0 aliphatic carbocycles. The first-order valence-electron chi connectivity index (χ1n) is 9.78. The van der Waals surface area contributed by atoms with Gasteiger partial charge in [-0.25, -0.2) is 0 Å². The first kappa shape index (κ1) is 24.1. The second kappa shape index (κ2) is 10.4. The third-order valence-electron chi connectivity index (χ3n) is 4.74. The number of halogens is 2. The minimum atomic E-state index is -0.302. The molecule has 0 fully saturated rings. The predicted molar refractivity (Wildman–Crippen MR) is 130 cm³/mol. The number of nitrogens with one attached hydrogen (secondary N) is 2. The number of amides is 2. The van der Waals surface area contributed by atoms with Gasteiger partial charge in [-0.05, 0) is 44.0 Å². The van der Waals surface area contributed by atoms with E-state index >= 15 is 0 Å². The number of aryl methyl sites for hydroxylation is 3. The summed E-state index contributed by atoms with van der Waals surface area (Å²) in [6.07, 6.45) is 0.000848. The minimum absolute atomic E-state index is 0.000848. The fraction of sp³-hybridized carbons (Fsp3) is 0.273. The van der Waals surface area contributed by atoms with Crippen LogP contribution in [0.15, 0.2) is 35.5 Å². The van der Waals surface area contributed by atoms with Gasteiger partial charge in [0.1, 0.15) is 5.82 Å². The number of benzene rings is 2. The highest BCUT2D eigenvalue weighted by molar-refractivity contribution is 7.99. The van der Waals surface area contributed by atoms with Crippen LogP contribution >= 0.6 is 35.0 Å². The number of anilines is 2. The molecule has 0 unspecified atom stereocenters. The van der Waals surface area contributed by atoms with E-state index in [-0.39, 0.29) is 29.0 Å². The maximum Gasteiger partial charge on any atom is 0.234 e. The van der Waals surface area contributed by atoms with Gasteiger partial charge in [0.25, 0.3) is 0 Å². The summed E-state index contributed by atoms with van der Waals surface area (Å²) >= 11 is 13.3. The molecule has 0 bridgehead atoms. The number of carbonyl (C=O) groups excluding carboxylic acids is 2. The Morgan fingerprint density at radius 1 is 1.03 bits per heavy atom. The second-order valence-corrected chi connectivity index (χ2v) is 9.12. The van der Waals surface area contributed by atoms with E-state index in [1.807, 2.05) is 32.9 Å². The molecular weight excluding hydrogens is 469 g/mol. The van der Waals surface area contributed by atoms with E-state index in [9.17, 15) is 9.59 Å². The highest BCUT2D eigenvalue weighted by atomic mass is 35.5. The SMILES string of the molecule is Cc1cc(C)c(NC(=O)CSc2nnc(CC(=O)Nc3cccc(Cl)c3Cl)n2C)c(C)c1. The van der Waals surface area contributed by atoms with Crippen molar-refractivity contribution in [2.75, 3.05) is 16.4 Å². The van der Waals surface area contributed by atoms with Crippen LogP contribution in [0.5, 0.6) is 0 Å². The molecule has 0 saturated heterocycles. The highest BCUT2D eigenvalue weighted by Crippen LogP contribution is 2.29. The molecule has 0 aliphatic heterocycles. The number of aromatic nitrogens is 3. The van der Waals surface area contributed by atoms with Crippen LogP contribution in [-0.2, 0) is 23.1 Å². The largest absolute Gasteiger partial charge is 0.325 e. The first-order valence-corrected chi connectivity index (χ1v) is 11.5. The summed E-state index contributed by atoms with van der Waals surface area (Å²) in [5.74, 6) is 0.198. The van der Waals surface area contributed by atoms with Crippen LogP contribution in [0.25, 0.3) is 0 Å². The van der Waals surface area contributed by atoms with Gasteiger partial charge in [0.15, 0.2) is 5.16 Å². The first-order chi connectivity index (χ1) is 15.2. The summed E-state index contributed by atoms with van der Waals surface area (Å²) in [4.78, 5) is 24.9. The van der Waals surface area contributed by atoms with E-state index < -0.39 is 0 Å². The van der Waals surface area contributed by atoms with Crippen LogP contribution in [0.2, 0.25) is 10.0 Å². The fourth-order valence-electron chi connectivity index (χ4n) is 3.25. The van der Waals surface area contributed by atoms with E-state index in [2.05, 4.69) is 20.8 Å². The quantitative estimate of drug-likeness (QED) is 0.455. The molecule has 0 spiro atoms. The van der Waals surface area contributed by atoms with Gasteiger partial charge >= 0.3 is 0 Å². The van der Waals surface area contributed by atoms with Crippen LogP contribution < -0.4 is 10.6 Å². The molecule has 3 aromatic rings. The Morgan fingerprint density at radius 2 is 1.72 bits per heavy atom. The van der Waals surface area contributed by atoms with Gasteiger partial charge < -0.3 is 15.2 Å². The molecule has 7 nitrogen and oxygen atoms in total. The van der Waals surface area contributed by atoms with Gasteiger partial charge in [0, 0.05) is 12.7 Å². The summed E-state index contributed by atoms with van der Waals surface area (Å²) in [7, 11) is 1.75. The van der Waals surface area contributed by atoms with Crippen molar-refractivity contribution < 1.29 is 9.59 Å². The summed E-state index contributed by atoms with van der Waals surface area (Å²) in [6, 6.07) is 9.08. The van der Waals surface area contributed by atoms with E-state index in [4.69, 9.17) is 23.2 Å². The van der Waals surface area contributed by atoms with Crippen LogP contribution in [0.3, 0.4) is 0 Å². The number of carbonyl (C=O) groups is 2. The summed E-state index contributed by atoms with van der Waals surface area (Å²) in [6.45, 7) is 5.97. The molecular formula is C22H23Cl2N5O2S. The lowest BCUT2D eigenvalue weighted by atomic mass is 10.1. The minimum Gasteiger partial charge on any atom is -0.325 e. The van der Waals surface area contributed by atoms with Crippen molar-refractivity contribution in [3.05, 3.63) is 62.9 Å². The Labute approximate surface area is 200 Å². The highest BCUT2D eigenvalue weighted by Gasteiger charge is 2.16. The zero-order valence-corrected chi connectivity index (χ0v) is 20.5. The molecule has 32 heavy (non-hydrogen) atoms. The fourth-order valence-corrected chi connectivity index (χ4v) is 4.32. The Kier molecular flexibility index (Phi) is 7.82. The van der Waals surface area contributed by atoms with Gasteiger partial charge in [0.2, 0.25) is 11.8 Å². The van der Waals surface area contributed by atoms with Gasteiger partial charge in [-0.15, -0.1) is 10.2 Å². The number of hydrogen-bond donors (Lipinski definition) is 2. The molecule has 1 aromatic heterocycles. The van der Waals surface area contributed by atoms with Crippen molar-refractivity contribution in [2.24, 2.45) is 7.05 Å². The number of hydrogen-bond acceptors (Lipinski definition) is 5. The van der Waals surface area contributed by atoms with E-state index in [0.29, 0.717) is 21.7 Å². The number of thioether (sulfide) groups is 1. The number of nitrogens with zero attached hydrogens (tertiary/aromatic N) is 3. The average Bonchev–Trinajstić information content (AvgIpc) is 3.06. The van der Waals surface area contributed by atoms with Crippen molar-refractivity contribution >= 4 is 58.2 Å². The number of rotatable bonds is 7. The van der Waals surface area contributed by atoms with Crippen molar-refractivity contribution in [1.29, 1.82) is 0 Å². The monoisotopic (exact) mass is 491 g/mol. The maximum atomic E-state index is 12.5. The molecule has 0 saturated carbocycles. The molecule has 0 aliphatic rings. The Balaban J connectivity index is 1.58. The van der Waals surface area contributed by atoms with Crippen LogP contribution in [0, 0.1) is 20.8 Å². The Bertz CT molecular complexity index is 1160. The zero-order valence-electron chi connectivity index (χ0n) is 18.1. The normalized spacial score (nSPS) is 10.8. The average molecular weight is 492 g/mol. The van der Waals surface area contributed by atoms with Gasteiger partial charge in [0.05, 0.1) is 27.9 Å². The summed E-state index contributed by atoms with van der Waals surface area (Å²) in [5, 5.41) is 15.0. The van der Waals surface area contributed by atoms with E-state index in [0.717, 1.165) is 22.4 Å². The molecule has 168 valence electrons. The van der Waals surface area contributed by atoms with E-state index in [1.54, 1.807) is 29.8 Å². The van der Waals surface area contributed by atoms with Crippen molar-refractivity contribution in [3.8, 4) is 0 Å². The zero-order chi connectivity index (χ0) is 23.4. The third-order valence-corrected chi connectivity index (χ3v) is 6.58. The van der Waals surface area contributed by atoms with Gasteiger partial charge in [-0.2, -0.15) is 0 Å². The predicted octanol–water partition coefficient (Wildman–Crippen LogP) is 4.96. The molecule has 1 heterocycles. The molecule has 0 atom stereocenters. The Morgan fingerprint density at radius 3 is 2.41 bits per heavy atom. The summed E-state index contributed by atoms with van der Waals surface area (Å²) in [5.41, 5.74) is 4.45. The molecule has 0 radical (unpaired) electrons. The molecule has 2 N–H and O–H groups in total. The van der Waals surface area contributed by atoms with Crippen LogP contribution in [-0.4, -0.2) is 32.3 Å². The van der Waals surface area contributed by atoms with Crippen LogP contribution in [0.1, 0.15) is 22.5 Å². The van der Waals surface area contributed by atoms with Crippen LogP contribution in [0.4, 0.5) is 11.4 Å². The lowest BCUT2D eigenvalue weighted by molar-refractivity contribution is -0.116. The molecule has 2 amide bonds. The van der Waals surface area contributed by atoms with Crippen molar-refractivity contribution in [2.45, 2.75) is 32.3 Å². The Hall–Kier alpha value is -2.55. The molecule has 3 rings (SSSR count). The lowest BCUT2D eigenvalue weighted by Gasteiger charge is -2.12. The second-order valence-electron chi connectivity index (χ2n) is 7.39. The van der Waals surface area contributed by atoms with Gasteiger partial charge in [-0.1, -0.05) is 58.7 Å². The van der Waals surface area contributed by atoms with Crippen molar-refractivity contribution in [1.82, 2.24) is 14.8 Å². The van der Waals surface area contributed by atoms with Gasteiger partial charge in [-0.3, -0.25) is 9.59 Å². The van der Waals surface area contributed by atoms with E-state index in [1.165, 1.54) is 11.8 Å². The smallest absolute Gasteiger partial charge is 0.234 e. The molecule has 10 heteroatoms.